The second-order valence-electron chi connectivity index (χ2n) is 5.40. The molecule has 116 valence electrons. The monoisotopic (exact) mass is 324 g/mol. The minimum atomic E-state index is -0.0978. The average molecular weight is 324 g/mol. The Hall–Kier alpha value is -2.65. The first kappa shape index (κ1) is 15.3. The maximum atomic E-state index is 12.5. The lowest BCUT2D eigenvalue weighted by Crippen LogP contribution is -2.28. The van der Waals surface area contributed by atoms with E-state index in [0.717, 1.165) is 16.2 Å². The molecule has 0 saturated heterocycles. The van der Waals surface area contributed by atoms with Crippen molar-refractivity contribution in [3.63, 3.8) is 0 Å². The standard InChI is InChI=1S/C17H16N4OS/c1-12-4-6-13(7-5-12)14-10-21-15(11-23-17(21)19-14)16(22)20(2)9-3-8-18/h4-7,10-11H,3,9H2,1-2H3. The fourth-order valence-corrected chi connectivity index (χ4v) is 3.16. The Morgan fingerprint density at radius 3 is 2.83 bits per heavy atom. The van der Waals surface area contributed by atoms with Crippen molar-refractivity contribution in [3.8, 4) is 17.3 Å². The van der Waals surface area contributed by atoms with Gasteiger partial charge < -0.3 is 4.90 Å². The summed E-state index contributed by atoms with van der Waals surface area (Å²) < 4.78 is 1.82. The summed E-state index contributed by atoms with van der Waals surface area (Å²) in [6.07, 6.45) is 2.22. The Labute approximate surface area is 138 Å². The molecule has 6 heteroatoms. The fourth-order valence-electron chi connectivity index (χ4n) is 2.32. The van der Waals surface area contributed by atoms with Gasteiger partial charge in [-0.3, -0.25) is 9.20 Å². The number of nitriles is 1. The van der Waals surface area contributed by atoms with Crippen molar-refractivity contribution in [1.29, 1.82) is 5.26 Å². The third-order valence-corrected chi connectivity index (χ3v) is 4.52. The van der Waals surface area contributed by atoms with Crippen molar-refractivity contribution >= 4 is 22.2 Å². The van der Waals surface area contributed by atoms with Crippen LogP contribution in [0.15, 0.2) is 35.8 Å². The minimum absolute atomic E-state index is 0.0978. The topological polar surface area (TPSA) is 61.4 Å². The van der Waals surface area contributed by atoms with Crippen LogP contribution in [0.1, 0.15) is 22.5 Å². The van der Waals surface area contributed by atoms with Crippen molar-refractivity contribution in [2.45, 2.75) is 13.3 Å². The molecule has 3 aromatic rings. The largest absolute Gasteiger partial charge is 0.339 e. The highest BCUT2D eigenvalue weighted by Gasteiger charge is 2.18. The van der Waals surface area contributed by atoms with Gasteiger partial charge in [0.25, 0.3) is 5.91 Å². The van der Waals surface area contributed by atoms with Crippen LogP contribution in [-0.2, 0) is 0 Å². The fraction of sp³-hybridized carbons (Fsp3) is 0.235. The van der Waals surface area contributed by atoms with E-state index >= 15 is 0 Å². The highest BCUT2D eigenvalue weighted by molar-refractivity contribution is 7.15. The summed E-state index contributed by atoms with van der Waals surface area (Å²) in [5, 5.41) is 10.5. The van der Waals surface area contributed by atoms with Crippen LogP contribution in [0.5, 0.6) is 0 Å². The molecule has 3 rings (SSSR count). The van der Waals surface area contributed by atoms with Crippen molar-refractivity contribution in [3.05, 3.63) is 47.1 Å². The summed E-state index contributed by atoms with van der Waals surface area (Å²) in [6, 6.07) is 10.2. The summed E-state index contributed by atoms with van der Waals surface area (Å²) in [6.45, 7) is 2.47. The van der Waals surface area contributed by atoms with Crippen LogP contribution in [0, 0.1) is 18.3 Å². The molecule has 1 amide bonds. The molecule has 0 spiro atoms. The molecule has 0 N–H and O–H groups in total. The first-order valence-electron chi connectivity index (χ1n) is 7.26. The normalized spacial score (nSPS) is 10.7. The SMILES string of the molecule is Cc1ccc(-c2cn3c(C(=O)N(C)CCC#N)csc3n2)cc1. The summed E-state index contributed by atoms with van der Waals surface area (Å²) in [7, 11) is 1.71. The number of nitrogens with zero attached hydrogens (tertiary/aromatic N) is 4. The van der Waals surface area contributed by atoms with E-state index in [2.05, 4.69) is 11.1 Å². The van der Waals surface area contributed by atoms with Crippen molar-refractivity contribution in [2.24, 2.45) is 0 Å². The van der Waals surface area contributed by atoms with Crippen molar-refractivity contribution in [2.75, 3.05) is 13.6 Å². The summed E-state index contributed by atoms with van der Waals surface area (Å²) in [4.78, 5) is 19.4. The van der Waals surface area contributed by atoms with E-state index in [1.165, 1.54) is 16.9 Å². The summed E-state index contributed by atoms with van der Waals surface area (Å²) in [5.41, 5.74) is 3.66. The molecule has 5 nitrogen and oxygen atoms in total. The van der Waals surface area contributed by atoms with Gasteiger partial charge in [0.2, 0.25) is 0 Å². The predicted octanol–water partition coefficient (Wildman–Crippen LogP) is 3.36. The Bertz CT molecular complexity index is 886. The number of rotatable bonds is 4. The zero-order valence-electron chi connectivity index (χ0n) is 13.0. The van der Waals surface area contributed by atoms with E-state index < -0.39 is 0 Å². The van der Waals surface area contributed by atoms with Gasteiger partial charge in [-0.1, -0.05) is 29.8 Å². The lowest BCUT2D eigenvalue weighted by molar-refractivity contribution is 0.0791. The predicted molar refractivity (Wildman–Crippen MR) is 90.4 cm³/mol. The van der Waals surface area contributed by atoms with E-state index in [4.69, 9.17) is 5.26 Å². The van der Waals surface area contributed by atoms with Crippen LogP contribution in [0.4, 0.5) is 0 Å². The maximum Gasteiger partial charge on any atom is 0.271 e. The number of benzene rings is 1. The average Bonchev–Trinajstić information content (AvgIpc) is 3.13. The molecule has 23 heavy (non-hydrogen) atoms. The molecule has 0 radical (unpaired) electrons. The van der Waals surface area contributed by atoms with Gasteiger partial charge in [-0.05, 0) is 6.92 Å². The molecule has 0 aliphatic heterocycles. The molecular formula is C17H16N4OS. The van der Waals surface area contributed by atoms with Gasteiger partial charge in [0.15, 0.2) is 4.96 Å². The highest BCUT2D eigenvalue weighted by atomic mass is 32.1. The lowest BCUT2D eigenvalue weighted by atomic mass is 10.1. The summed E-state index contributed by atoms with van der Waals surface area (Å²) >= 11 is 1.44. The number of hydrogen-bond acceptors (Lipinski definition) is 4. The van der Waals surface area contributed by atoms with Crippen LogP contribution >= 0.6 is 11.3 Å². The minimum Gasteiger partial charge on any atom is -0.339 e. The zero-order valence-corrected chi connectivity index (χ0v) is 13.8. The number of fused-ring (bicyclic) bond motifs is 1. The van der Waals surface area contributed by atoms with Gasteiger partial charge in [-0.2, -0.15) is 5.26 Å². The van der Waals surface area contributed by atoms with Crippen LogP contribution in [0.2, 0.25) is 0 Å². The maximum absolute atomic E-state index is 12.5. The molecule has 0 unspecified atom stereocenters. The number of aromatic nitrogens is 2. The van der Waals surface area contributed by atoms with E-state index in [9.17, 15) is 4.79 Å². The van der Waals surface area contributed by atoms with Gasteiger partial charge in [0.05, 0.1) is 18.2 Å². The Balaban J connectivity index is 1.93. The number of hydrogen-bond donors (Lipinski definition) is 0. The molecule has 2 aromatic heterocycles. The summed E-state index contributed by atoms with van der Waals surface area (Å²) in [5.74, 6) is -0.0978. The Morgan fingerprint density at radius 1 is 1.39 bits per heavy atom. The van der Waals surface area contributed by atoms with Gasteiger partial charge in [0.1, 0.15) is 5.69 Å². The van der Waals surface area contributed by atoms with Crippen molar-refractivity contribution in [1.82, 2.24) is 14.3 Å². The molecule has 0 atom stereocenters. The van der Waals surface area contributed by atoms with E-state index in [0.29, 0.717) is 18.7 Å². The molecule has 0 fully saturated rings. The second kappa shape index (κ2) is 6.23. The van der Waals surface area contributed by atoms with E-state index in [1.807, 2.05) is 47.2 Å². The van der Waals surface area contributed by atoms with Crippen LogP contribution in [0.3, 0.4) is 0 Å². The number of amides is 1. The van der Waals surface area contributed by atoms with Gasteiger partial charge in [0, 0.05) is 30.7 Å². The van der Waals surface area contributed by atoms with Crippen molar-refractivity contribution < 1.29 is 4.79 Å². The first-order chi connectivity index (χ1) is 11.1. The van der Waals surface area contributed by atoms with Crippen LogP contribution in [0.25, 0.3) is 16.2 Å². The number of carbonyl (C=O) groups excluding carboxylic acids is 1. The van der Waals surface area contributed by atoms with Gasteiger partial charge in [-0.25, -0.2) is 4.98 Å². The number of carbonyl (C=O) groups is 1. The number of aryl methyl sites for hydroxylation is 1. The highest BCUT2D eigenvalue weighted by Crippen LogP contribution is 2.24. The molecule has 0 aliphatic rings. The number of imidazole rings is 1. The Morgan fingerprint density at radius 2 is 2.13 bits per heavy atom. The molecule has 0 bridgehead atoms. The van der Waals surface area contributed by atoms with E-state index in [-0.39, 0.29) is 5.91 Å². The zero-order chi connectivity index (χ0) is 16.4. The third kappa shape index (κ3) is 2.96. The van der Waals surface area contributed by atoms with E-state index in [1.54, 1.807) is 11.9 Å². The first-order valence-corrected chi connectivity index (χ1v) is 8.14. The van der Waals surface area contributed by atoms with Crippen LogP contribution < -0.4 is 0 Å². The smallest absolute Gasteiger partial charge is 0.271 e. The molecule has 2 heterocycles. The molecule has 0 aliphatic carbocycles. The van der Waals surface area contributed by atoms with Gasteiger partial charge in [-0.15, -0.1) is 11.3 Å². The number of thiazole rings is 1. The molecule has 0 saturated carbocycles. The third-order valence-electron chi connectivity index (χ3n) is 3.68. The lowest BCUT2D eigenvalue weighted by Gasteiger charge is -2.14. The second-order valence-corrected chi connectivity index (χ2v) is 6.24. The Kier molecular flexibility index (Phi) is 4.13. The molecule has 1 aromatic carbocycles. The van der Waals surface area contributed by atoms with Gasteiger partial charge >= 0.3 is 0 Å². The molecular weight excluding hydrogens is 308 g/mol. The van der Waals surface area contributed by atoms with Crippen LogP contribution in [-0.4, -0.2) is 33.8 Å². The quantitative estimate of drug-likeness (QED) is 0.739.